The van der Waals surface area contributed by atoms with Crippen molar-refractivity contribution in [3.8, 4) is 0 Å². The Hall–Kier alpha value is -3.24. The topological polar surface area (TPSA) is 114 Å². The van der Waals surface area contributed by atoms with Crippen molar-refractivity contribution in [2.45, 2.75) is 11.1 Å². The molecular weight excluding hydrogens is 427 g/mol. The van der Waals surface area contributed by atoms with Crippen molar-refractivity contribution in [2.24, 2.45) is 5.73 Å². The highest BCUT2D eigenvalue weighted by Crippen LogP contribution is 2.32. The third-order valence-electron chi connectivity index (χ3n) is 3.81. The number of primary amides is 1. The fourth-order valence-corrected chi connectivity index (χ4v) is 4.29. The van der Waals surface area contributed by atoms with E-state index in [-0.39, 0.29) is 5.75 Å². The molecule has 154 valence electrons. The summed E-state index contributed by atoms with van der Waals surface area (Å²) in [7, 11) is 0. The van der Waals surface area contributed by atoms with E-state index in [9.17, 15) is 18.8 Å². The predicted molar refractivity (Wildman–Crippen MR) is 116 cm³/mol. The van der Waals surface area contributed by atoms with E-state index in [0.29, 0.717) is 27.6 Å². The van der Waals surface area contributed by atoms with Crippen LogP contribution in [0.2, 0.25) is 0 Å². The third kappa shape index (κ3) is 5.65. The Morgan fingerprint density at radius 3 is 2.47 bits per heavy atom. The lowest BCUT2D eigenvalue weighted by Gasteiger charge is -2.07. The van der Waals surface area contributed by atoms with E-state index in [1.807, 2.05) is 0 Å². The molecule has 30 heavy (non-hydrogen) atoms. The third-order valence-corrected chi connectivity index (χ3v) is 6.27. The summed E-state index contributed by atoms with van der Waals surface area (Å²) < 4.78 is 13.8. The fraction of sp³-hybridized carbons (Fsp3) is 0.100. The number of aromatic nitrogens is 1. The Kier molecular flexibility index (Phi) is 6.80. The Morgan fingerprint density at radius 1 is 1.07 bits per heavy atom. The molecule has 7 nitrogen and oxygen atoms in total. The van der Waals surface area contributed by atoms with Crippen molar-refractivity contribution < 1.29 is 18.8 Å². The first-order valence-corrected chi connectivity index (χ1v) is 10.5. The van der Waals surface area contributed by atoms with Gasteiger partial charge in [0, 0.05) is 16.8 Å². The minimum atomic E-state index is -0.433. The van der Waals surface area contributed by atoms with E-state index < -0.39 is 23.5 Å². The molecule has 0 spiro atoms. The quantitative estimate of drug-likeness (QED) is 0.481. The molecule has 0 aliphatic heterocycles. The van der Waals surface area contributed by atoms with Crippen LogP contribution in [-0.2, 0) is 4.79 Å². The molecule has 10 heteroatoms. The van der Waals surface area contributed by atoms with E-state index in [1.165, 1.54) is 53.4 Å². The van der Waals surface area contributed by atoms with Crippen LogP contribution in [0.4, 0.5) is 15.2 Å². The molecule has 0 unspecified atom stereocenters. The number of hydrogen-bond acceptors (Lipinski definition) is 6. The number of nitrogens with zero attached hydrogens (tertiary/aromatic N) is 1. The van der Waals surface area contributed by atoms with Gasteiger partial charge in [0.25, 0.3) is 11.8 Å². The first-order valence-electron chi connectivity index (χ1n) is 8.68. The van der Waals surface area contributed by atoms with Crippen LogP contribution in [-0.4, -0.2) is 28.5 Å². The molecule has 0 bridgehead atoms. The summed E-state index contributed by atoms with van der Waals surface area (Å²) in [6, 6.07) is 11.6. The number of halogens is 1. The van der Waals surface area contributed by atoms with E-state index >= 15 is 0 Å². The number of anilines is 2. The van der Waals surface area contributed by atoms with Crippen molar-refractivity contribution >= 4 is 51.6 Å². The minimum Gasteiger partial charge on any atom is -0.369 e. The van der Waals surface area contributed by atoms with Gasteiger partial charge >= 0.3 is 0 Å². The molecule has 0 aliphatic rings. The van der Waals surface area contributed by atoms with Gasteiger partial charge in [-0.15, -0.1) is 11.8 Å². The van der Waals surface area contributed by atoms with E-state index in [4.69, 9.17) is 5.73 Å². The molecule has 1 heterocycles. The summed E-state index contributed by atoms with van der Waals surface area (Å²) >= 11 is 2.52. The summed E-state index contributed by atoms with van der Waals surface area (Å²) in [6.45, 7) is 1.78. The zero-order valence-corrected chi connectivity index (χ0v) is 17.4. The Balaban J connectivity index is 1.67. The van der Waals surface area contributed by atoms with Gasteiger partial charge in [0.2, 0.25) is 5.91 Å². The molecule has 3 rings (SSSR count). The number of nitrogens with two attached hydrogens (primary N) is 1. The SMILES string of the molecule is Cc1nc(NC(=O)c2cccc(NC(=O)c3ccc(F)cc3)c2)sc1SCC(N)=O. The van der Waals surface area contributed by atoms with Crippen LogP contribution in [0.5, 0.6) is 0 Å². The molecule has 0 saturated carbocycles. The first kappa shape index (κ1) is 21.5. The molecule has 3 aromatic rings. The van der Waals surface area contributed by atoms with Crippen molar-refractivity contribution in [1.29, 1.82) is 0 Å². The van der Waals surface area contributed by atoms with Gasteiger partial charge in [-0.1, -0.05) is 17.4 Å². The molecule has 1 aromatic heterocycles. The van der Waals surface area contributed by atoms with Gasteiger partial charge in [-0.25, -0.2) is 9.37 Å². The number of nitrogens with one attached hydrogen (secondary N) is 2. The van der Waals surface area contributed by atoms with Gasteiger partial charge < -0.3 is 11.1 Å². The molecular formula is C20H17FN4O3S2. The second kappa shape index (κ2) is 9.51. The van der Waals surface area contributed by atoms with Crippen molar-refractivity contribution in [2.75, 3.05) is 16.4 Å². The summed E-state index contributed by atoms with van der Waals surface area (Å²) in [5.74, 6) is -1.55. The monoisotopic (exact) mass is 444 g/mol. The molecule has 2 aromatic carbocycles. The zero-order valence-electron chi connectivity index (χ0n) is 15.8. The summed E-state index contributed by atoms with van der Waals surface area (Å²) in [5, 5.41) is 5.78. The zero-order chi connectivity index (χ0) is 21.7. The van der Waals surface area contributed by atoms with E-state index in [0.717, 1.165) is 4.21 Å². The maximum Gasteiger partial charge on any atom is 0.257 e. The fourth-order valence-electron chi connectivity index (χ4n) is 2.42. The highest BCUT2D eigenvalue weighted by atomic mass is 32.2. The normalized spacial score (nSPS) is 10.5. The largest absolute Gasteiger partial charge is 0.369 e. The summed E-state index contributed by atoms with van der Waals surface area (Å²) in [6.07, 6.45) is 0. The van der Waals surface area contributed by atoms with Gasteiger partial charge in [0.1, 0.15) is 5.82 Å². The van der Waals surface area contributed by atoms with Gasteiger partial charge in [0.05, 0.1) is 15.7 Å². The van der Waals surface area contributed by atoms with Crippen LogP contribution in [0.1, 0.15) is 26.4 Å². The maximum absolute atomic E-state index is 13.0. The molecule has 0 fully saturated rings. The van der Waals surface area contributed by atoms with Crippen molar-refractivity contribution in [3.05, 3.63) is 71.2 Å². The van der Waals surface area contributed by atoms with Crippen LogP contribution in [0.3, 0.4) is 0 Å². The molecule has 3 amide bonds. The first-order chi connectivity index (χ1) is 14.3. The smallest absolute Gasteiger partial charge is 0.257 e. The lowest BCUT2D eigenvalue weighted by atomic mass is 10.1. The number of carbonyl (C=O) groups excluding carboxylic acids is 3. The number of benzene rings is 2. The number of thiazole rings is 1. The van der Waals surface area contributed by atoms with Gasteiger partial charge in [-0.2, -0.15) is 0 Å². The van der Waals surface area contributed by atoms with Crippen LogP contribution >= 0.6 is 23.1 Å². The van der Waals surface area contributed by atoms with Crippen LogP contribution in [0.25, 0.3) is 0 Å². The summed E-state index contributed by atoms with van der Waals surface area (Å²) in [4.78, 5) is 40.1. The maximum atomic E-state index is 13.0. The Morgan fingerprint density at radius 2 is 1.77 bits per heavy atom. The van der Waals surface area contributed by atoms with Crippen LogP contribution < -0.4 is 16.4 Å². The summed E-state index contributed by atoms with van der Waals surface area (Å²) in [5.41, 5.74) is 6.89. The minimum absolute atomic E-state index is 0.131. The molecule has 0 aliphatic carbocycles. The van der Waals surface area contributed by atoms with Crippen LogP contribution in [0, 0.1) is 12.7 Å². The number of carbonyl (C=O) groups is 3. The predicted octanol–water partition coefficient (Wildman–Crippen LogP) is 3.67. The highest BCUT2D eigenvalue weighted by molar-refractivity contribution is 8.01. The molecule has 0 atom stereocenters. The standard InChI is InChI=1S/C20H17FN4O3S2/c1-11-19(29-10-16(22)26)30-20(23-11)25-18(28)13-3-2-4-15(9-13)24-17(27)12-5-7-14(21)8-6-12/h2-9H,10H2,1H3,(H2,22,26)(H,24,27)(H,23,25,28). The lowest BCUT2D eigenvalue weighted by molar-refractivity contribution is -0.115. The Bertz CT molecular complexity index is 1100. The molecule has 0 saturated heterocycles. The van der Waals surface area contributed by atoms with E-state index in [2.05, 4.69) is 15.6 Å². The second-order valence-electron chi connectivity index (χ2n) is 6.14. The average molecular weight is 445 g/mol. The number of amides is 3. The van der Waals surface area contributed by atoms with Crippen molar-refractivity contribution in [3.63, 3.8) is 0 Å². The van der Waals surface area contributed by atoms with Gasteiger partial charge in [0.15, 0.2) is 5.13 Å². The Labute approximate surface area is 179 Å². The molecule has 4 N–H and O–H groups in total. The number of aryl methyl sites for hydroxylation is 1. The van der Waals surface area contributed by atoms with Crippen LogP contribution in [0.15, 0.2) is 52.7 Å². The number of hydrogen-bond donors (Lipinski definition) is 3. The number of thioether (sulfide) groups is 1. The average Bonchev–Trinajstić information content (AvgIpc) is 3.06. The van der Waals surface area contributed by atoms with Gasteiger partial charge in [-0.3, -0.25) is 19.7 Å². The molecule has 0 radical (unpaired) electrons. The lowest BCUT2D eigenvalue weighted by Crippen LogP contribution is -2.14. The highest BCUT2D eigenvalue weighted by Gasteiger charge is 2.14. The van der Waals surface area contributed by atoms with Gasteiger partial charge in [-0.05, 0) is 49.4 Å². The second-order valence-corrected chi connectivity index (χ2v) is 8.39. The number of rotatable bonds is 7. The van der Waals surface area contributed by atoms with E-state index in [1.54, 1.807) is 25.1 Å². The van der Waals surface area contributed by atoms with Crippen molar-refractivity contribution in [1.82, 2.24) is 4.98 Å².